The van der Waals surface area contributed by atoms with Crippen molar-refractivity contribution in [3.8, 4) is 0 Å². The summed E-state index contributed by atoms with van der Waals surface area (Å²) in [7, 11) is 0. The maximum atomic E-state index is 13.7. The highest BCUT2D eigenvalue weighted by molar-refractivity contribution is 6.31. The van der Waals surface area contributed by atoms with Crippen LogP contribution in [-0.4, -0.2) is 25.2 Å². The van der Waals surface area contributed by atoms with Gasteiger partial charge in [-0.15, -0.1) is 5.10 Å². The van der Waals surface area contributed by atoms with E-state index in [1.165, 1.54) is 18.3 Å². The molecule has 0 aliphatic rings. The summed E-state index contributed by atoms with van der Waals surface area (Å²) >= 11 is 5.91. The molecule has 3 aromatic rings. The molecule has 0 amide bonds. The number of benzene rings is 1. The predicted octanol–water partition coefficient (Wildman–Crippen LogP) is 1.36. The Kier molecular flexibility index (Phi) is 2.75. The Morgan fingerprint density at radius 1 is 1.42 bits per heavy atom. The molecule has 0 saturated heterocycles. The molecule has 2 aromatic heterocycles. The van der Waals surface area contributed by atoms with Gasteiger partial charge in [0.1, 0.15) is 11.3 Å². The predicted molar refractivity (Wildman–Crippen MR) is 66.5 cm³/mol. The Hall–Kier alpha value is -2.28. The Balaban J connectivity index is 2.11. The van der Waals surface area contributed by atoms with Crippen molar-refractivity contribution in [1.29, 1.82) is 0 Å². The van der Waals surface area contributed by atoms with Gasteiger partial charge in [0.25, 0.3) is 5.56 Å². The maximum Gasteiger partial charge on any atom is 0.295 e. The molecule has 0 spiro atoms. The van der Waals surface area contributed by atoms with E-state index < -0.39 is 11.4 Å². The SMILES string of the molecule is O=c1c2[nH]ncc2nnn1Cc1c(F)cccc1Cl. The minimum atomic E-state index is -0.495. The van der Waals surface area contributed by atoms with E-state index in [9.17, 15) is 9.18 Å². The van der Waals surface area contributed by atoms with E-state index in [1.54, 1.807) is 6.07 Å². The zero-order valence-corrected chi connectivity index (χ0v) is 10.2. The molecule has 0 bridgehead atoms. The van der Waals surface area contributed by atoms with Gasteiger partial charge in [0.15, 0.2) is 5.52 Å². The molecule has 19 heavy (non-hydrogen) atoms. The number of hydrogen-bond acceptors (Lipinski definition) is 4. The van der Waals surface area contributed by atoms with Crippen LogP contribution < -0.4 is 5.56 Å². The van der Waals surface area contributed by atoms with E-state index >= 15 is 0 Å². The molecule has 1 aromatic carbocycles. The van der Waals surface area contributed by atoms with Crippen LogP contribution in [-0.2, 0) is 6.54 Å². The lowest BCUT2D eigenvalue weighted by Gasteiger charge is -2.06. The summed E-state index contributed by atoms with van der Waals surface area (Å²) in [5, 5.41) is 14.0. The highest BCUT2D eigenvalue weighted by Crippen LogP contribution is 2.19. The Morgan fingerprint density at radius 3 is 3.05 bits per heavy atom. The van der Waals surface area contributed by atoms with Crippen LogP contribution in [0.25, 0.3) is 11.0 Å². The van der Waals surface area contributed by atoms with Crippen LogP contribution in [0, 0.1) is 5.82 Å². The quantitative estimate of drug-likeness (QED) is 0.768. The molecule has 2 heterocycles. The van der Waals surface area contributed by atoms with Crippen LogP contribution in [0.4, 0.5) is 4.39 Å². The van der Waals surface area contributed by atoms with Crippen LogP contribution in [0.5, 0.6) is 0 Å². The summed E-state index contributed by atoms with van der Waals surface area (Å²) in [6.45, 7) is -0.0910. The van der Waals surface area contributed by atoms with Gasteiger partial charge in [0.2, 0.25) is 0 Å². The average Bonchev–Trinajstić information content (AvgIpc) is 2.85. The monoisotopic (exact) mass is 279 g/mol. The van der Waals surface area contributed by atoms with Crippen LogP contribution in [0.2, 0.25) is 5.02 Å². The van der Waals surface area contributed by atoms with E-state index in [0.29, 0.717) is 5.52 Å². The lowest BCUT2D eigenvalue weighted by molar-refractivity contribution is 0.557. The molecular formula is C11H7ClFN5O. The standard InChI is InChI=1S/C11H7ClFN5O/c12-7-2-1-3-8(13)6(7)5-18-11(19)10-9(15-17-18)4-14-16-10/h1-4H,5H2,(H,14,16). The van der Waals surface area contributed by atoms with Crippen molar-refractivity contribution in [2.24, 2.45) is 0 Å². The molecule has 96 valence electrons. The van der Waals surface area contributed by atoms with Gasteiger partial charge in [0.05, 0.1) is 12.7 Å². The lowest BCUT2D eigenvalue weighted by atomic mass is 10.2. The van der Waals surface area contributed by atoms with Gasteiger partial charge in [-0.2, -0.15) is 5.10 Å². The van der Waals surface area contributed by atoms with Crippen molar-refractivity contribution in [2.45, 2.75) is 6.54 Å². The largest absolute Gasteiger partial charge is 0.295 e. The number of H-pyrrole nitrogens is 1. The van der Waals surface area contributed by atoms with Crippen molar-refractivity contribution in [3.05, 3.63) is 51.2 Å². The van der Waals surface area contributed by atoms with Gasteiger partial charge in [-0.25, -0.2) is 9.07 Å². The average molecular weight is 280 g/mol. The normalized spacial score (nSPS) is 11.1. The number of nitrogens with zero attached hydrogens (tertiary/aromatic N) is 4. The summed E-state index contributed by atoms with van der Waals surface area (Å²) in [6, 6.07) is 4.31. The van der Waals surface area contributed by atoms with E-state index in [-0.39, 0.29) is 22.6 Å². The fraction of sp³-hybridized carbons (Fsp3) is 0.0909. The Bertz CT molecular complexity index is 792. The second-order valence-corrected chi connectivity index (χ2v) is 4.29. The lowest BCUT2D eigenvalue weighted by Crippen LogP contribution is -2.25. The second-order valence-electron chi connectivity index (χ2n) is 3.88. The van der Waals surface area contributed by atoms with E-state index in [1.807, 2.05) is 0 Å². The fourth-order valence-electron chi connectivity index (χ4n) is 1.72. The zero-order chi connectivity index (χ0) is 13.4. The van der Waals surface area contributed by atoms with Crippen molar-refractivity contribution >= 4 is 22.6 Å². The first-order chi connectivity index (χ1) is 9.16. The van der Waals surface area contributed by atoms with Crippen LogP contribution in [0.1, 0.15) is 5.56 Å². The highest BCUT2D eigenvalue weighted by Gasteiger charge is 2.12. The smallest absolute Gasteiger partial charge is 0.271 e. The molecule has 8 heteroatoms. The van der Waals surface area contributed by atoms with Crippen LogP contribution in [0.15, 0.2) is 29.2 Å². The molecule has 0 unspecified atom stereocenters. The van der Waals surface area contributed by atoms with E-state index in [0.717, 1.165) is 4.68 Å². The first-order valence-corrected chi connectivity index (χ1v) is 5.74. The third kappa shape index (κ3) is 1.97. The number of fused-ring (bicyclic) bond motifs is 1. The summed E-state index contributed by atoms with van der Waals surface area (Å²) in [5.41, 5.74) is 0.351. The summed E-state index contributed by atoms with van der Waals surface area (Å²) in [4.78, 5) is 12.0. The van der Waals surface area contributed by atoms with Gasteiger partial charge in [-0.1, -0.05) is 22.9 Å². The minimum Gasteiger partial charge on any atom is -0.271 e. The fourth-order valence-corrected chi connectivity index (χ4v) is 1.94. The number of nitrogens with one attached hydrogen (secondary N) is 1. The van der Waals surface area contributed by atoms with E-state index in [4.69, 9.17) is 11.6 Å². The summed E-state index contributed by atoms with van der Waals surface area (Å²) < 4.78 is 14.7. The van der Waals surface area contributed by atoms with Gasteiger partial charge < -0.3 is 0 Å². The van der Waals surface area contributed by atoms with Crippen LogP contribution in [0.3, 0.4) is 0 Å². The van der Waals surface area contributed by atoms with E-state index in [2.05, 4.69) is 20.5 Å². The highest BCUT2D eigenvalue weighted by atomic mass is 35.5. The molecule has 0 aliphatic carbocycles. The van der Waals surface area contributed by atoms with Crippen molar-refractivity contribution in [3.63, 3.8) is 0 Å². The topological polar surface area (TPSA) is 76.5 Å². The van der Waals surface area contributed by atoms with Crippen LogP contribution >= 0.6 is 11.6 Å². The molecule has 1 N–H and O–H groups in total. The van der Waals surface area contributed by atoms with Gasteiger partial charge in [-0.3, -0.25) is 9.89 Å². The molecular weight excluding hydrogens is 273 g/mol. The van der Waals surface area contributed by atoms with Crippen molar-refractivity contribution in [2.75, 3.05) is 0 Å². The first kappa shape index (κ1) is 11.8. The third-order valence-corrected chi connectivity index (χ3v) is 3.05. The molecule has 6 nitrogen and oxygen atoms in total. The Morgan fingerprint density at radius 2 is 2.26 bits per heavy atom. The maximum absolute atomic E-state index is 13.7. The van der Waals surface area contributed by atoms with Crippen molar-refractivity contribution in [1.82, 2.24) is 25.2 Å². The zero-order valence-electron chi connectivity index (χ0n) is 9.47. The molecule has 0 atom stereocenters. The second kappa shape index (κ2) is 4.43. The molecule has 0 fully saturated rings. The summed E-state index contributed by atoms with van der Waals surface area (Å²) in [5.74, 6) is -0.495. The van der Waals surface area contributed by atoms with Gasteiger partial charge >= 0.3 is 0 Å². The van der Waals surface area contributed by atoms with Crippen molar-refractivity contribution < 1.29 is 4.39 Å². The van der Waals surface area contributed by atoms with Gasteiger partial charge in [0, 0.05) is 10.6 Å². The number of aromatic nitrogens is 5. The summed E-state index contributed by atoms with van der Waals surface area (Å²) in [6.07, 6.45) is 1.39. The Labute approximate surface area is 110 Å². The number of hydrogen-bond donors (Lipinski definition) is 1. The molecule has 0 aliphatic heterocycles. The number of rotatable bonds is 2. The first-order valence-electron chi connectivity index (χ1n) is 5.36. The molecule has 0 radical (unpaired) electrons. The number of halogens is 2. The van der Waals surface area contributed by atoms with Gasteiger partial charge in [-0.05, 0) is 12.1 Å². The third-order valence-electron chi connectivity index (χ3n) is 2.70. The molecule has 0 saturated carbocycles. The molecule has 3 rings (SSSR count). The number of aromatic amines is 1. The minimum absolute atomic E-state index is 0.0910.